The normalized spacial score (nSPS) is 11.3. The third kappa shape index (κ3) is 5.96. The number of carbonyl (C=O) groups excluding carboxylic acids is 2. The van der Waals surface area contributed by atoms with Crippen LogP contribution in [0.3, 0.4) is 0 Å². The van der Waals surface area contributed by atoms with Crippen molar-refractivity contribution in [3.8, 4) is 11.5 Å². The van der Waals surface area contributed by atoms with E-state index in [1.54, 1.807) is 55.7 Å². The highest BCUT2D eigenvalue weighted by Gasteiger charge is 2.16. The Kier molecular flexibility index (Phi) is 8.02. The average molecular weight is 470 g/mol. The van der Waals surface area contributed by atoms with Crippen LogP contribution in [0, 0.1) is 0 Å². The zero-order valence-corrected chi connectivity index (χ0v) is 18.9. The molecule has 0 unspecified atom stereocenters. The monoisotopic (exact) mass is 469 g/mol. The van der Waals surface area contributed by atoms with Crippen molar-refractivity contribution in [2.75, 3.05) is 14.2 Å². The molecule has 2 amide bonds. The fourth-order valence-electron chi connectivity index (χ4n) is 2.67. The summed E-state index contributed by atoms with van der Waals surface area (Å²) in [6, 6.07) is 15.5. The van der Waals surface area contributed by atoms with Crippen molar-refractivity contribution in [2.24, 2.45) is 5.10 Å². The van der Waals surface area contributed by atoms with Crippen molar-refractivity contribution in [1.29, 1.82) is 0 Å². The summed E-state index contributed by atoms with van der Waals surface area (Å²) < 4.78 is 10.5. The molecule has 0 aliphatic heterocycles. The van der Waals surface area contributed by atoms with E-state index in [1.165, 1.54) is 24.7 Å². The molecule has 3 rings (SSSR count). The average Bonchev–Trinajstić information content (AvgIpc) is 3.31. The molecule has 0 atom stereocenters. The largest absolute Gasteiger partial charge is 0.493 e. The van der Waals surface area contributed by atoms with Gasteiger partial charge >= 0.3 is 0 Å². The minimum Gasteiger partial charge on any atom is -0.493 e. The molecule has 164 valence electrons. The van der Waals surface area contributed by atoms with Gasteiger partial charge in [-0.25, -0.2) is 5.43 Å². The van der Waals surface area contributed by atoms with Gasteiger partial charge < -0.3 is 14.8 Å². The van der Waals surface area contributed by atoms with Crippen LogP contribution in [0.1, 0.15) is 20.8 Å². The number of hydrogen-bond acceptors (Lipinski definition) is 6. The lowest BCUT2D eigenvalue weighted by Crippen LogP contribution is -2.32. The molecule has 2 aromatic carbocycles. The smallest absolute Gasteiger partial charge is 0.287 e. The molecule has 0 fully saturated rings. The molecule has 2 N–H and O–H groups in total. The summed E-state index contributed by atoms with van der Waals surface area (Å²) in [6.45, 7) is 0. The van der Waals surface area contributed by atoms with Crippen molar-refractivity contribution in [2.45, 2.75) is 0 Å². The van der Waals surface area contributed by atoms with Crippen molar-refractivity contribution < 1.29 is 19.1 Å². The first-order valence-corrected chi connectivity index (χ1v) is 10.6. The zero-order valence-electron chi connectivity index (χ0n) is 17.3. The maximum Gasteiger partial charge on any atom is 0.287 e. The number of thiophene rings is 1. The van der Waals surface area contributed by atoms with Gasteiger partial charge in [0.15, 0.2) is 11.5 Å². The van der Waals surface area contributed by atoms with Crippen LogP contribution < -0.4 is 20.2 Å². The minimum atomic E-state index is -0.587. The second kappa shape index (κ2) is 11.1. The van der Waals surface area contributed by atoms with E-state index in [0.717, 1.165) is 4.88 Å². The summed E-state index contributed by atoms with van der Waals surface area (Å²) in [5.74, 6) is 0.0261. The van der Waals surface area contributed by atoms with Crippen molar-refractivity contribution in [3.63, 3.8) is 0 Å². The number of carbonyl (C=O) groups is 2. The fraction of sp³-hybridized carbons (Fsp3) is 0.0870. The van der Waals surface area contributed by atoms with E-state index in [9.17, 15) is 9.59 Å². The maximum absolute atomic E-state index is 12.8. The number of halogens is 1. The lowest BCUT2D eigenvalue weighted by Gasteiger charge is -2.10. The Hall–Kier alpha value is -3.62. The highest BCUT2D eigenvalue weighted by Crippen LogP contribution is 2.26. The van der Waals surface area contributed by atoms with Gasteiger partial charge in [0.05, 0.1) is 31.0 Å². The van der Waals surface area contributed by atoms with E-state index in [0.29, 0.717) is 17.1 Å². The van der Waals surface area contributed by atoms with Gasteiger partial charge in [0, 0.05) is 4.88 Å². The van der Waals surface area contributed by atoms with Crippen LogP contribution in [0.15, 0.2) is 70.8 Å². The molecule has 32 heavy (non-hydrogen) atoms. The number of methoxy groups -OCH3 is 2. The highest BCUT2D eigenvalue weighted by molar-refractivity contribution is 7.10. The van der Waals surface area contributed by atoms with Crippen LogP contribution in [0.5, 0.6) is 11.5 Å². The second-order valence-electron chi connectivity index (χ2n) is 6.32. The van der Waals surface area contributed by atoms with Gasteiger partial charge in [-0.3, -0.25) is 9.59 Å². The van der Waals surface area contributed by atoms with E-state index in [4.69, 9.17) is 21.1 Å². The Morgan fingerprint density at radius 1 is 1.03 bits per heavy atom. The Morgan fingerprint density at radius 2 is 1.81 bits per heavy atom. The molecule has 9 heteroatoms. The van der Waals surface area contributed by atoms with Gasteiger partial charge in [0.25, 0.3) is 11.8 Å². The number of amides is 2. The Morgan fingerprint density at radius 3 is 2.50 bits per heavy atom. The minimum absolute atomic E-state index is 0.0295. The van der Waals surface area contributed by atoms with Gasteiger partial charge in [0.2, 0.25) is 0 Å². The molecule has 3 aromatic rings. The first-order valence-electron chi connectivity index (χ1n) is 9.38. The van der Waals surface area contributed by atoms with E-state index >= 15 is 0 Å². The van der Waals surface area contributed by atoms with Crippen LogP contribution >= 0.6 is 22.9 Å². The molecule has 0 saturated heterocycles. The standard InChI is InChI=1S/C23H20ClN3O4S/c1-30-20-10-9-15(12-21(20)31-2)14-25-27-23(29)19(13-16-6-5-11-32-16)26-22(28)17-7-3-4-8-18(17)24/h3-14H,1-2H3,(H,26,28)(H,27,29)/b19-13-,25-14+. The number of hydrazone groups is 1. The molecule has 0 bridgehead atoms. The molecular formula is C23H20ClN3O4S. The lowest BCUT2D eigenvalue weighted by atomic mass is 10.2. The first-order chi connectivity index (χ1) is 15.5. The summed E-state index contributed by atoms with van der Waals surface area (Å²) in [6.07, 6.45) is 3.03. The molecule has 7 nitrogen and oxygen atoms in total. The summed E-state index contributed by atoms with van der Waals surface area (Å²) in [4.78, 5) is 26.2. The van der Waals surface area contributed by atoms with Gasteiger partial charge in [0.1, 0.15) is 5.70 Å². The van der Waals surface area contributed by atoms with E-state index in [-0.39, 0.29) is 16.3 Å². The van der Waals surface area contributed by atoms with Crippen LogP contribution in [-0.4, -0.2) is 32.2 Å². The molecule has 0 radical (unpaired) electrons. The van der Waals surface area contributed by atoms with Crippen molar-refractivity contribution in [1.82, 2.24) is 10.7 Å². The fourth-order valence-corrected chi connectivity index (χ4v) is 3.55. The Labute approximate surface area is 194 Å². The van der Waals surface area contributed by atoms with Crippen LogP contribution in [0.25, 0.3) is 6.08 Å². The Bertz CT molecular complexity index is 1160. The third-order valence-electron chi connectivity index (χ3n) is 4.23. The third-order valence-corrected chi connectivity index (χ3v) is 5.38. The predicted octanol–water partition coefficient (Wildman–Crippen LogP) is 4.34. The van der Waals surface area contributed by atoms with Gasteiger partial charge in [-0.05, 0) is 53.4 Å². The van der Waals surface area contributed by atoms with E-state index in [1.807, 2.05) is 17.5 Å². The van der Waals surface area contributed by atoms with Gasteiger partial charge in [-0.2, -0.15) is 5.10 Å². The molecule has 1 heterocycles. The maximum atomic E-state index is 12.8. The van der Waals surface area contributed by atoms with Crippen LogP contribution in [0.2, 0.25) is 5.02 Å². The van der Waals surface area contributed by atoms with E-state index < -0.39 is 11.8 Å². The van der Waals surface area contributed by atoms with Crippen LogP contribution in [0.4, 0.5) is 0 Å². The van der Waals surface area contributed by atoms with Crippen LogP contribution in [-0.2, 0) is 4.79 Å². The number of benzene rings is 2. The van der Waals surface area contributed by atoms with Gasteiger partial charge in [-0.1, -0.05) is 29.8 Å². The second-order valence-corrected chi connectivity index (χ2v) is 7.71. The summed E-state index contributed by atoms with van der Waals surface area (Å²) in [5, 5.41) is 8.75. The quantitative estimate of drug-likeness (QED) is 0.292. The topological polar surface area (TPSA) is 89.0 Å². The van der Waals surface area contributed by atoms with E-state index in [2.05, 4.69) is 15.8 Å². The molecule has 0 saturated carbocycles. The summed E-state index contributed by atoms with van der Waals surface area (Å²) >= 11 is 7.53. The summed E-state index contributed by atoms with van der Waals surface area (Å²) in [7, 11) is 3.08. The van der Waals surface area contributed by atoms with Crippen molar-refractivity contribution in [3.05, 3.63) is 86.7 Å². The number of nitrogens with zero attached hydrogens (tertiary/aromatic N) is 1. The molecule has 1 aromatic heterocycles. The molecule has 0 aliphatic carbocycles. The van der Waals surface area contributed by atoms with Crippen molar-refractivity contribution >= 4 is 47.0 Å². The number of hydrogen-bond donors (Lipinski definition) is 2. The SMILES string of the molecule is COc1ccc(/C=N/NC(=O)/C(=C/c2cccs2)NC(=O)c2ccccc2Cl)cc1OC. The lowest BCUT2D eigenvalue weighted by molar-refractivity contribution is -0.117. The molecule has 0 spiro atoms. The van der Waals surface area contributed by atoms with Gasteiger partial charge in [-0.15, -0.1) is 11.3 Å². The highest BCUT2D eigenvalue weighted by atomic mass is 35.5. The summed E-state index contributed by atoms with van der Waals surface area (Å²) in [5.41, 5.74) is 3.40. The Balaban J connectivity index is 1.77. The number of nitrogens with one attached hydrogen (secondary N) is 2. The number of ether oxygens (including phenoxy) is 2. The predicted molar refractivity (Wildman–Crippen MR) is 126 cm³/mol. The zero-order chi connectivity index (χ0) is 22.9. The molecular weight excluding hydrogens is 450 g/mol. The first kappa shape index (κ1) is 23.1. The number of rotatable bonds is 8. The molecule has 0 aliphatic rings.